The number of ketones is 1. The summed E-state index contributed by atoms with van der Waals surface area (Å²) in [5.41, 5.74) is 3.49. The molecule has 2 rings (SSSR count). The monoisotopic (exact) mass is 293 g/mol. The Balaban J connectivity index is 0.000000745. The van der Waals surface area contributed by atoms with Gasteiger partial charge < -0.3 is 0 Å². The molecule has 0 unspecified atom stereocenters. The van der Waals surface area contributed by atoms with Gasteiger partial charge >= 0.3 is 0 Å². The lowest BCUT2D eigenvalue weighted by Crippen LogP contribution is -2.00. The first-order valence-electron chi connectivity index (χ1n) is 7.91. The predicted molar refractivity (Wildman–Crippen MR) is 94.9 cm³/mol. The first-order chi connectivity index (χ1) is 10.6. The highest BCUT2D eigenvalue weighted by atomic mass is 16.1. The lowest BCUT2D eigenvalue weighted by molar-refractivity contribution is 0.0998. The molecule has 1 radical (unpaired) electrons. The van der Waals surface area contributed by atoms with Crippen molar-refractivity contribution in [1.29, 1.82) is 0 Å². The van der Waals surface area contributed by atoms with Crippen molar-refractivity contribution in [2.75, 3.05) is 0 Å². The molecule has 0 bridgehead atoms. The summed E-state index contributed by atoms with van der Waals surface area (Å²) in [6.45, 7) is 12.3. The number of Topliss-reactive ketones (excluding diaryl/α,β-unsaturated/α-hetero) is 1. The van der Waals surface area contributed by atoms with Crippen molar-refractivity contribution in [3.05, 3.63) is 77.9 Å². The normalized spacial score (nSPS) is 9.59. The Kier molecular flexibility index (Phi) is 7.91. The van der Waals surface area contributed by atoms with Crippen LogP contribution in [-0.2, 0) is 6.42 Å². The summed E-state index contributed by atoms with van der Waals surface area (Å²) in [5.74, 6) is 0.0593. The quantitative estimate of drug-likeness (QED) is 0.641. The minimum atomic E-state index is 0.0593. The van der Waals surface area contributed by atoms with Crippen molar-refractivity contribution < 1.29 is 4.79 Å². The summed E-state index contributed by atoms with van der Waals surface area (Å²) < 4.78 is 0. The summed E-state index contributed by atoms with van der Waals surface area (Å²) in [6, 6.07) is 17.3. The summed E-state index contributed by atoms with van der Waals surface area (Å²) in [6.07, 6.45) is 2.49. The van der Waals surface area contributed by atoms with E-state index in [1.807, 2.05) is 54.6 Å². The van der Waals surface area contributed by atoms with Crippen molar-refractivity contribution in [2.45, 2.75) is 40.0 Å². The van der Waals surface area contributed by atoms with Gasteiger partial charge in [0.15, 0.2) is 5.78 Å². The van der Waals surface area contributed by atoms with Crippen molar-refractivity contribution >= 4 is 11.4 Å². The highest BCUT2D eigenvalue weighted by Gasteiger charge is 2.09. The van der Waals surface area contributed by atoms with Crippen LogP contribution in [0.4, 0.5) is 0 Å². The fourth-order valence-electron chi connectivity index (χ4n) is 1.96. The van der Waals surface area contributed by atoms with Gasteiger partial charge in [-0.3, -0.25) is 4.79 Å². The van der Waals surface area contributed by atoms with Crippen LogP contribution < -0.4 is 0 Å². The van der Waals surface area contributed by atoms with Gasteiger partial charge in [-0.1, -0.05) is 88.4 Å². The van der Waals surface area contributed by atoms with Crippen LogP contribution in [0.2, 0.25) is 0 Å². The molecule has 0 aliphatic heterocycles. The van der Waals surface area contributed by atoms with Gasteiger partial charge in [-0.2, -0.15) is 0 Å². The Morgan fingerprint density at radius 3 is 1.91 bits per heavy atom. The van der Waals surface area contributed by atoms with Crippen LogP contribution in [0.5, 0.6) is 0 Å². The van der Waals surface area contributed by atoms with Gasteiger partial charge in [-0.05, 0) is 23.1 Å². The Labute approximate surface area is 134 Å². The largest absolute Gasteiger partial charge is 0.294 e. The van der Waals surface area contributed by atoms with Crippen molar-refractivity contribution in [2.24, 2.45) is 0 Å². The predicted octanol–water partition coefficient (Wildman–Crippen LogP) is 5.75. The Bertz CT molecular complexity index is 579. The molecule has 1 heteroatoms. The molecule has 2 aromatic carbocycles. The van der Waals surface area contributed by atoms with Gasteiger partial charge in [0.25, 0.3) is 0 Å². The van der Waals surface area contributed by atoms with E-state index in [4.69, 9.17) is 6.58 Å². The second-order valence-electron chi connectivity index (χ2n) is 5.25. The van der Waals surface area contributed by atoms with Gasteiger partial charge in [-0.15, -0.1) is 0 Å². The van der Waals surface area contributed by atoms with E-state index in [1.165, 1.54) is 12.0 Å². The van der Waals surface area contributed by atoms with E-state index in [-0.39, 0.29) is 12.2 Å². The molecule has 0 aliphatic rings. The SMILES string of the molecule is CCC.[CH]=C(CC(=O)c1ccc(CC)cc1)c1ccccc1. The van der Waals surface area contributed by atoms with Crippen LogP contribution in [0.25, 0.3) is 5.57 Å². The fraction of sp³-hybridized carbons (Fsp3) is 0.286. The second kappa shape index (κ2) is 9.73. The van der Waals surface area contributed by atoms with Crippen LogP contribution in [0.15, 0.2) is 54.6 Å². The minimum Gasteiger partial charge on any atom is -0.294 e. The second-order valence-corrected chi connectivity index (χ2v) is 5.25. The third-order valence-corrected chi connectivity index (χ3v) is 3.18. The fourth-order valence-corrected chi connectivity index (χ4v) is 1.96. The third kappa shape index (κ3) is 5.69. The number of aryl methyl sites for hydroxylation is 1. The highest BCUT2D eigenvalue weighted by molar-refractivity contribution is 6.01. The van der Waals surface area contributed by atoms with Gasteiger partial charge in [-0.25, -0.2) is 0 Å². The number of allylic oxidation sites excluding steroid dienone is 1. The number of carbonyl (C=O) groups excluding carboxylic acids is 1. The average molecular weight is 293 g/mol. The van der Waals surface area contributed by atoms with Crippen molar-refractivity contribution in [1.82, 2.24) is 0 Å². The van der Waals surface area contributed by atoms with Crippen LogP contribution in [-0.4, -0.2) is 5.78 Å². The molecule has 0 aliphatic carbocycles. The maximum absolute atomic E-state index is 12.1. The van der Waals surface area contributed by atoms with Gasteiger partial charge in [0.1, 0.15) is 0 Å². The maximum Gasteiger partial charge on any atom is 0.167 e. The zero-order chi connectivity index (χ0) is 16.4. The molecule has 0 saturated heterocycles. The topological polar surface area (TPSA) is 17.1 Å². The van der Waals surface area contributed by atoms with E-state index in [9.17, 15) is 4.79 Å². The summed E-state index contributed by atoms with van der Waals surface area (Å²) in [4.78, 5) is 12.1. The summed E-state index contributed by atoms with van der Waals surface area (Å²) in [7, 11) is 0. The molecular weight excluding hydrogens is 268 g/mol. The molecule has 0 saturated carbocycles. The third-order valence-electron chi connectivity index (χ3n) is 3.18. The molecule has 0 fully saturated rings. The zero-order valence-corrected chi connectivity index (χ0v) is 13.8. The molecule has 0 atom stereocenters. The van der Waals surface area contributed by atoms with E-state index >= 15 is 0 Å². The molecule has 0 spiro atoms. The number of hydrogen-bond acceptors (Lipinski definition) is 1. The zero-order valence-electron chi connectivity index (χ0n) is 13.8. The van der Waals surface area contributed by atoms with Crippen molar-refractivity contribution in [3.63, 3.8) is 0 Å². The van der Waals surface area contributed by atoms with Gasteiger partial charge in [0, 0.05) is 12.0 Å². The Hall–Kier alpha value is -2.15. The van der Waals surface area contributed by atoms with Crippen LogP contribution in [0, 0.1) is 6.58 Å². The molecule has 2 aromatic rings. The molecule has 0 aromatic heterocycles. The Morgan fingerprint density at radius 1 is 0.864 bits per heavy atom. The number of hydrogen-bond donors (Lipinski definition) is 0. The minimum absolute atomic E-state index is 0.0593. The van der Waals surface area contributed by atoms with E-state index in [1.54, 1.807) is 0 Å². The molecule has 1 nitrogen and oxygen atoms in total. The van der Waals surface area contributed by atoms with Crippen molar-refractivity contribution in [3.8, 4) is 0 Å². The molecule has 0 heterocycles. The average Bonchev–Trinajstić information content (AvgIpc) is 2.56. The van der Waals surface area contributed by atoms with Gasteiger partial charge in [0.2, 0.25) is 0 Å². The Morgan fingerprint density at radius 2 is 1.41 bits per heavy atom. The van der Waals surface area contributed by atoms with E-state index in [0.29, 0.717) is 5.57 Å². The standard InChI is InChI=1S/C18H17O.C3H8/c1-3-15-9-11-17(12-10-15)18(19)13-14(2)16-7-5-4-6-8-16;1-3-2/h2,4-12H,3,13H2,1H3;3H2,1-2H3. The molecular formula is C21H25O. The smallest absolute Gasteiger partial charge is 0.167 e. The van der Waals surface area contributed by atoms with Crippen LogP contribution in [0.1, 0.15) is 55.1 Å². The molecule has 0 amide bonds. The number of benzene rings is 2. The number of rotatable bonds is 5. The highest BCUT2D eigenvalue weighted by Crippen LogP contribution is 2.18. The van der Waals surface area contributed by atoms with E-state index in [0.717, 1.165) is 17.5 Å². The van der Waals surface area contributed by atoms with E-state index < -0.39 is 0 Å². The van der Waals surface area contributed by atoms with Crippen LogP contribution >= 0.6 is 0 Å². The first-order valence-corrected chi connectivity index (χ1v) is 7.91. The molecule has 115 valence electrons. The van der Waals surface area contributed by atoms with Crippen LogP contribution in [0.3, 0.4) is 0 Å². The lowest BCUT2D eigenvalue weighted by Gasteiger charge is -2.06. The molecule has 0 N–H and O–H groups in total. The lowest BCUT2D eigenvalue weighted by atomic mass is 9.98. The summed E-state index contributed by atoms with van der Waals surface area (Å²) in [5, 5.41) is 0. The first kappa shape index (κ1) is 17.9. The summed E-state index contributed by atoms with van der Waals surface area (Å²) >= 11 is 0. The molecule has 22 heavy (non-hydrogen) atoms. The van der Waals surface area contributed by atoms with E-state index in [2.05, 4.69) is 20.8 Å². The van der Waals surface area contributed by atoms with Gasteiger partial charge in [0.05, 0.1) is 0 Å². The maximum atomic E-state index is 12.1. The number of carbonyl (C=O) groups is 1.